The van der Waals surface area contributed by atoms with Crippen LogP contribution >= 0.6 is 0 Å². The fourth-order valence-corrected chi connectivity index (χ4v) is 5.44. The molecule has 2 atom stereocenters. The van der Waals surface area contributed by atoms with Gasteiger partial charge in [-0.1, -0.05) is 29.4 Å². The second-order valence-corrected chi connectivity index (χ2v) is 12.3. The molecule has 0 saturated heterocycles. The molecule has 7 N–H and O–H groups in total. The van der Waals surface area contributed by atoms with E-state index < -0.39 is 40.4 Å². The number of hydrogen-bond donors (Lipinski definition) is 7. The molecule has 0 fully saturated rings. The van der Waals surface area contributed by atoms with E-state index in [1.165, 1.54) is 6.07 Å². The summed E-state index contributed by atoms with van der Waals surface area (Å²) < 4.78 is 0. The first-order chi connectivity index (χ1) is 20.0. The van der Waals surface area contributed by atoms with E-state index in [1.54, 1.807) is 26.8 Å². The largest absolute Gasteiger partial charge is 0.507 e. The Morgan fingerprint density at radius 3 is 1.95 bits per heavy atom. The highest BCUT2D eigenvalue weighted by molar-refractivity contribution is 6.36. The van der Waals surface area contributed by atoms with Crippen LogP contribution in [0.15, 0.2) is 47.1 Å². The SMILES string of the molecule is C/C(=C\CC/C(C)=C/C[C@]1(O)C(=O)c2c(O)cc(C)c3c(O)cc(O)c(c23)C1=O)CC/C=C(/CO)CC[C@@H](O)C(C)(C)O. The highest BCUT2D eigenvalue weighted by Gasteiger charge is 2.51. The number of allylic oxidation sites excluding steroid dienone is 4. The predicted octanol–water partition coefficient (Wildman–Crippen LogP) is 5.05. The van der Waals surface area contributed by atoms with Gasteiger partial charge in [0.15, 0.2) is 5.60 Å². The minimum Gasteiger partial charge on any atom is -0.507 e. The maximum atomic E-state index is 13.4. The van der Waals surface area contributed by atoms with Gasteiger partial charge in [0, 0.05) is 23.3 Å². The summed E-state index contributed by atoms with van der Waals surface area (Å²) in [5.74, 6) is -3.33. The van der Waals surface area contributed by atoms with Crippen LogP contribution in [0.25, 0.3) is 10.8 Å². The Kier molecular flexibility index (Phi) is 10.6. The van der Waals surface area contributed by atoms with Crippen LogP contribution in [-0.2, 0) is 0 Å². The molecule has 0 radical (unpaired) electrons. The van der Waals surface area contributed by atoms with Gasteiger partial charge in [0.1, 0.15) is 17.2 Å². The van der Waals surface area contributed by atoms with Gasteiger partial charge in [-0.3, -0.25) is 9.59 Å². The summed E-state index contributed by atoms with van der Waals surface area (Å²) in [6.45, 7) is 8.41. The maximum Gasteiger partial charge on any atom is 0.207 e. The number of benzene rings is 2. The van der Waals surface area contributed by atoms with Crippen molar-refractivity contribution >= 4 is 22.3 Å². The van der Waals surface area contributed by atoms with E-state index in [-0.39, 0.29) is 40.7 Å². The summed E-state index contributed by atoms with van der Waals surface area (Å²) in [7, 11) is 0. The van der Waals surface area contributed by atoms with Gasteiger partial charge in [-0.15, -0.1) is 0 Å². The quantitative estimate of drug-likeness (QED) is 0.123. The molecule has 0 unspecified atom stereocenters. The fraction of sp³-hybridized carbons (Fsp3) is 0.471. The van der Waals surface area contributed by atoms with Crippen molar-refractivity contribution in [3.63, 3.8) is 0 Å². The Bertz CT molecular complexity index is 1430. The number of phenolic OH excluding ortho intramolecular Hbond substituents is 3. The van der Waals surface area contributed by atoms with Gasteiger partial charge in [0.2, 0.25) is 11.6 Å². The minimum atomic E-state index is -2.52. The first-order valence-corrected chi connectivity index (χ1v) is 14.6. The van der Waals surface area contributed by atoms with E-state index in [0.29, 0.717) is 37.7 Å². The summed E-state index contributed by atoms with van der Waals surface area (Å²) in [5, 5.41) is 72.4. The van der Waals surface area contributed by atoms with E-state index in [0.717, 1.165) is 29.2 Å². The van der Waals surface area contributed by atoms with Crippen molar-refractivity contribution < 1.29 is 45.3 Å². The molecule has 0 saturated carbocycles. The molecule has 0 spiro atoms. The first kappa shape index (κ1) is 34.0. The van der Waals surface area contributed by atoms with Crippen molar-refractivity contribution in [3.8, 4) is 17.2 Å². The van der Waals surface area contributed by atoms with Crippen molar-refractivity contribution in [1.29, 1.82) is 0 Å². The number of carbonyl (C=O) groups is 2. The van der Waals surface area contributed by atoms with Crippen LogP contribution in [0.5, 0.6) is 17.2 Å². The number of rotatable bonds is 13. The van der Waals surface area contributed by atoms with Crippen LogP contribution < -0.4 is 0 Å². The molecule has 2 aromatic rings. The van der Waals surface area contributed by atoms with Gasteiger partial charge < -0.3 is 35.7 Å². The third-order valence-corrected chi connectivity index (χ3v) is 8.25. The molecule has 1 aliphatic carbocycles. The van der Waals surface area contributed by atoms with Crippen molar-refractivity contribution in [2.75, 3.05) is 6.61 Å². The zero-order chi connectivity index (χ0) is 32.3. The van der Waals surface area contributed by atoms with Crippen LogP contribution in [0, 0.1) is 6.92 Å². The number of hydrogen-bond acceptors (Lipinski definition) is 9. The molecular formula is C34H44O9. The third-order valence-electron chi connectivity index (χ3n) is 8.25. The van der Waals surface area contributed by atoms with E-state index in [1.807, 2.05) is 19.9 Å². The summed E-state index contributed by atoms with van der Waals surface area (Å²) >= 11 is 0. The Morgan fingerprint density at radius 1 is 0.860 bits per heavy atom. The lowest BCUT2D eigenvalue weighted by molar-refractivity contribution is -0.0511. The average Bonchev–Trinajstić information content (AvgIpc) is 2.91. The van der Waals surface area contributed by atoms with E-state index in [2.05, 4.69) is 6.08 Å². The molecule has 9 heteroatoms. The molecule has 3 rings (SSSR count). The van der Waals surface area contributed by atoms with Crippen LogP contribution in [0.2, 0.25) is 0 Å². The number of phenols is 3. The highest BCUT2D eigenvalue weighted by Crippen LogP contribution is 2.47. The first-order valence-electron chi connectivity index (χ1n) is 14.6. The molecule has 0 heterocycles. The van der Waals surface area contributed by atoms with Gasteiger partial charge in [0.05, 0.1) is 29.4 Å². The smallest absolute Gasteiger partial charge is 0.207 e. The number of aromatic hydroxyl groups is 3. The van der Waals surface area contributed by atoms with Crippen molar-refractivity contribution in [2.24, 2.45) is 0 Å². The third kappa shape index (κ3) is 7.36. The summed E-state index contributed by atoms with van der Waals surface area (Å²) in [6.07, 6.45) is 8.06. The van der Waals surface area contributed by atoms with E-state index in [4.69, 9.17) is 0 Å². The van der Waals surface area contributed by atoms with Crippen LogP contribution in [0.4, 0.5) is 0 Å². The number of aliphatic hydroxyl groups excluding tert-OH is 2. The Hall–Kier alpha value is -3.50. The van der Waals surface area contributed by atoms with Crippen LogP contribution in [0.3, 0.4) is 0 Å². The number of carbonyl (C=O) groups excluding carboxylic acids is 2. The minimum absolute atomic E-state index is 0.0661. The standard InChI is InChI=1S/C34H44O9/c1-19(10-7-11-22(18-35)12-13-26(39)33(4,5)42)8-6-9-20(2)14-15-34(43)31(40)28-23(36)16-21(3)27-24(37)17-25(38)29(30(27)28)32(34)41/h8,11,14,16-17,26,35-39,42-43H,6-7,9-10,12-13,15,18H2,1-5H3/b19-8+,20-14+,22-11+/t26-,34+/m1/s1. The van der Waals surface area contributed by atoms with Crippen LogP contribution in [0.1, 0.15) is 98.9 Å². The van der Waals surface area contributed by atoms with Crippen molar-refractivity contribution in [3.05, 3.63) is 63.8 Å². The average molecular weight is 597 g/mol. The number of aliphatic hydroxyl groups is 4. The predicted molar refractivity (Wildman–Crippen MR) is 165 cm³/mol. The number of ketones is 2. The molecule has 1 aliphatic rings. The summed E-state index contributed by atoms with van der Waals surface area (Å²) in [5.41, 5.74) is -1.12. The lowest BCUT2D eigenvalue weighted by atomic mass is 9.73. The molecule has 2 aromatic carbocycles. The van der Waals surface area contributed by atoms with Crippen molar-refractivity contribution in [1.82, 2.24) is 0 Å². The molecule has 0 bridgehead atoms. The number of aryl methyl sites for hydroxylation is 1. The molecule has 0 amide bonds. The molecule has 9 nitrogen and oxygen atoms in total. The monoisotopic (exact) mass is 596 g/mol. The highest BCUT2D eigenvalue weighted by atomic mass is 16.3. The number of Topliss-reactive ketones (excluding diaryl/α,β-unsaturated/α-hetero) is 2. The molecule has 43 heavy (non-hydrogen) atoms. The fourth-order valence-electron chi connectivity index (χ4n) is 5.44. The Balaban J connectivity index is 1.65. The van der Waals surface area contributed by atoms with Crippen LogP contribution in [-0.4, -0.2) is 71.2 Å². The summed E-state index contributed by atoms with van der Waals surface area (Å²) in [6, 6.07) is 2.28. The van der Waals surface area contributed by atoms with E-state index in [9.17, 15) is 45.3 Å². The second-order valence-electron chi connectivity index (χ2n) is 12.3. The molecule has 0 aliphatic heterocycles. The van der Waals surface area contributed by atoms with Gasteiger partial charge in [-0.2, -0.15) is 0 Å². The van der Waals surface area contributed by atoms with Gasteiger partial charge >= 0.3 is 0 Å². The maximum absolute atomic E-state index is 13.4. The molecule has 234 valence electrons. The lowest BCUT2D eigenvalue weighted by Crippen LogP contribution is -2.49. The second kappa shape index (κ2) is 13.4. The summed E-state index contributed by atoms with van der Waals surface area (Å²) in [4.78, 5) is 26.8. The lowest BCUT2D eigenvalue weighted by Gasteiger charge is -2.31. The molecular weight excluding hydrogens is 552 g/mol. The van der Waals surface area contributed by atoms with Gasteiger partial charge in [-0.25, -0.2) is 0 Å². The van der Waals surface area contributed by atoms with Gasteiger partial charge in [-0.05, 0) is 90.3 Å². The zero-order valence-electron chi connectivity index (χ0n) is 25.6. The Labute approximate surface area is 252 Å². The normalized spacial score (nSPS) is 19.0. The zero-order valence-corrected chi connectivity index (χ0v) is 25.6. The van der Waals surface area contributed by atoms with Gasteiger partial charge in [0.25, 0.3) is 0 Å². The van der Waals surface area contributed by atoms with Crippen molar-refractivity contribution in [2.45, 2.75) is 96.9 Å². The Morgan fingerprint density at radius 2 is 1.40 bits per heavy atom. The topological polar surface area (TPSA) is 176 Å². The molecule has 0 aromatic heterocycles. The van der Waals surface area contributed by atoms with E-state index >= 15 is 0 Å².